The van der Waals surface area contributed by atoms with Crippen LogP contribution in [-0.4, -0.2) is 47.3 Å². The third-order valence-electron chi connectivity index (χ3n) is 3.77. The van der Waals surface area contributed by atoms with Crippen LogP contribution in [0.1, 0.15) is 69.6 Å². The Labute approximate surface area is 169 Å². The normalized spacial score (nSPS) is 12.2. The van der Waals surface area contributed by atoms with Crippen molar-refractivity contribution < 1.29 is 19.1 Å². The number of esters is 1. The Bertz CT molecular complexity index is 716. The summed E-state index contributed by atoms with van der Waals surface area (Å²) in [5, 5.41) is 9.45. The summed E-state index contributed by atoms with van der Waals surface area (Å²) in [5.74, 6) is -0.555. The molecule has 150 valence electrons. The van der Waals surface area contributed by atoms with Crippen LogP contribution in [0.4, 0.5) is 4.79 Å². The smallest absolute Gasteiger partial charge is 0.410 e. The average Bonchev–Trinajstić information content (AvgIpc) is 2.89. The predicted molar refractivity (Wildman–Crippen MR) is 106 cm³/mol. The number of carbonyl (C=O) groups is 2. The van der Waals surface area contributed by atoms with Crippen molar-refractivity contribution in [2.75, 3.05) is 20.2 Å². The van der Waals surface area contributed by atoms with Gasteiger partial charge in [0, 0.05) is 19.8 Å². The van der Waals surface area contributed by atoms with E-state index in [2.05, 4.69) is 22.0 Å². The Morgan fingerprint density at radius 2 is 2.00 bits per heavy atom. The predicted octanol–water partition coefficient (Wildman–Crippen LogP) is 4.51. The summed E-state index contributed by atoms with van der Waals surface area (Å²) in [5.41, 5.74) is -0.164. The topological polar surface area (TPSA) is 84.6 Å². The lowest BCUT2D eigenvalue weighted by Gasteiger charge is -2.29. The molecule has 0 aliphatic heterocycles. The van der Waals surface area contributed by atoms with E-state index in [-0.39, 0.29) is 23.9 Å². The molecule has 27 heavy (non-hydrogen) atoms. The molecule has 0 aliphatic rings. The number of hydrogen-bond acceptors (Lipinski definition) is 5. The second-order valence-electron chi connectivity index (χ2n) is 7.24. The molecule has 0 aliphatic carbocycles. The third kappa shape index (κ3) is 6.28. The highest BCUT2D eigenvalue weighted by Crippen LogP contribution is 2.29. The molecule has 1 heterocycles. The first-order valence-corrected chi connectivity index (χ1v) is 9.76. The standard InChI is InChI=1S/C19H28BrN3O4/c1-7-9-13(11-22(6)18(25)27-19(3,4)5)23-12-15(20)14(10-21)16(23)17(24)26-8-2/h12-13H,7-9,11H2,1-6H3. The summed E-state index contributed by atoms with van der Waals surface area (Å²) < 4.78 is 12.8. The molecule has 0 saturated carbocycles. The summed E-state index contributed by atoms with van der Waals surface area (Å²) in [4.78, 5) is 26.3. The first-order valence-electron chi connectivity index (χ1n) is 8.97. The van der Waals surface area contributed by atoms with Gasteiger partial charge >= 0.3 is 12.1 Å². The number of hydrogen-bond donors (Lipinski definition) is 0. The number of halogens is 1. The molecule has 0 saturated heterocycles. The molecule has 1 unspecified atom stereocenters. The summed E-state index contributed by atoms with van der Waals surface area (Å²) in [6.45, 7) is 9.71. The van der Waals surface area contributed by atoms with E-state index in [1.165, 1.54) is 4.90 Å². The Morgan fingerprint density at radius 1 is 1.37 bits per heavy atom. The number of nitrogens with zero attached hydrogens (tertiary/aromatic N) is 3. The van der Waals surface area contributed by atoms with Gasteiger partial charge in [-0.1, -0.05) is 13.3 Å². The molecule has 1 atom stereocenters. The van der Waals surface area contributed by atoms with E-state index in [4.69, 9.17) is 9.47 Å². The summed E-state index contributed by atoms with van der Waals surface area (Å²) in [7, 11) is 1.66. The van der Waals surface area contributed by atoms with Crippen LogP contribution < -0.4 is 0 Å². The number of amides is 1. The largest absolute Gasteiger partial charge is 0.461 e. The van der Waals surface area contributed by atoms with E-state index in [0.29, 0.717) is 17.4 Å². The molecule has 0 aromatic carbocycles. The van der Waals surface area contributed by atoms with E-state index < -0.39 is 17.7 Å². The fourth-order valence-electron chi connectivity index (χ4n) is 2.68. The fourth-order valence-corrected chi connectivity index (χ4v) is 3.17. The van der Waals surface area contributed by atoms with Crippen LogP contribution in [0.2, 0.25) is 0 Å². The maximum absolute atomic E-state index is 12.5. The van der Waals surface area contributed by atoms with Gasteiger partial charge in [0.15, 0.2) is 0 Å². The molecule has 1 aromatic rings. The van der Waals surface area contributed by atoms with Gasteiger partial charge < -0.3 is 18.9 Å². The van der Waals surface area contributed by atoms with Crippen LogP contribution in [0, 0.1) is 11.3 Å². The minimum atomic E-state index is -0.591. The van der Waals surface area contributed by atoms with Crippen LogP contribution in [-0.2, 0) is 9.47 Å². The molecule has 0 radical (unpaired) electrons. The lowest BCUT2D eigenvalue weighted by Crippen LogP contribution is -2.38. The van der Waals surface area contributed by atoms with E-state index >= 15 is 0 Å². The van der Waals surface area contributed by atoms with Crippen molar-refractivity contribution in [3.63, 3.8) is 0 Å². The first-order chi connectivity index (χ1) is 12.6. The van der Waals surface area contributed by atoms with Crippen molar-refractivity contribution in [2.24, 2.45) is 0 Å². The molecular weight excluding hydrogens is 414 g/mol. The van der Waals surface area contributed by atoms with Crippen molar-refractivity contribution in [1.29, 1.82) is 5.26 Å². The van der Waals surface area contributed by atoms with Gasteiger partial charge in [-0.25, -0.2) is 9.59 Å². The minimum absolute atomic E-state index is 0.197. The van der Waals surface area contributed by atoms with Gasteiger partial charge in [0.25, 0.3) is 0 Å². The second kappa shape index (κ2) is 9.79. The zero-order valence-corrected chi connectivity index (χ0v) is 18.4. The average molecular weight is 442 g/mol. The Hall–Kier alpha value is -2.01. The highest BCUT2D eigenvalue weighted by atomic mass is 79.9. The lowest BCUT2D eigenvalue weighted by molar-refractivity contribution is 0.0272. The molecule has 7 nitrogen and oxygen atoms in total. The van der Waals surface area contributed by atoms with E-state index in [0.717, 1.165) is 6.42 Å². The second-order valence-corrected chi connectivity index (χ2v) is 8.10. The van der Waals surface area contributed by atoms with Crippen LogP contribution in [0.25, 0.3) is 0 Å². The Kier molecular flexibility index (Phi) is 8.35. The van der Waals surface area contributed by atoms with Crippen LogP contribution >= 0.6 is 15.9 Å². The number of ether oxygens (including phenoxy) is 2. The molecule has 0 N–H and O–H groups in total. The molecular formula is C19H28BrN3O4. The van der Waals surface area contributed by atoms with E-state index in [1.54, 1.807) is 24.7 Å². The quantitative estimate of drug-likeness (QED) is 0.581. The van der Waals surface area contributed by atoms with Gasteiger partial charge in [0.05, 0.1) is 22.7 Å². The van der Waals surface area contributed by atoms with Crippen molar-refractivity contribution in [3.8, 4) is 6.07 Å². The van der Waals surface area contributed by atoms with Crippen molar-refractivity contribution in [3.05, 3.63) is 21.9 Å². The van der Waals surface area contributed by atoms with Crippen molar-refractivity contribution >= 4 is 28.0 Å². The Balaban J connectivity index is 3.22. The first kappa shape index (κ1) is 23.0. The summed E-state index contributed by atoms with van der Waals surface area (Å²) in [6.07, 6.45) is 2.82. The van der Waals surface area contributed by atoms with Crippen LogP contribution in [0.15, 0.2) is 10.7 Å². The van der Waals surface area contributed by atoms with E-state index in [9.17, 15) is 14.9 Å². The number of likely N-dealkylation sites (N-methyl/N-ethyl adjacent to an activating group) is 1. The molecule has 1 aromatic heterocycles. The van der Waals surface area contributed by atoms with Gasteiger partial charge in [0.1, 0.15) is 17.4 Å². The Morgan fingerprint density at radius 3 is 2.48 bits per heavy atom. The number of carbonyl (C=O) groups excluding carboxylic acids is 2. The van der Waals surface area contributed by atoms with Crippen LogP contribution in [0.5, 0.6) is 0 Å². The maximum Gasteiger partial charge on any atom is 0.410 e. The molecule has 1 rings (SSSR count). The fraction of sp³-hybridized carbons (Fsp3) is 0.632. The minimum Gasteiger partial charge on any atom is -0.461 e. The lowest BCUT2D eigenvalue weighted by atomic mass is 10.1. The number of aromatic nitrogens is 1. The van der Waals surface area contributed by atoms with Gasteiger partial charge in [-0.05, 0) is 50.0 Å². The van der Waals surface area contributed by atoms with Crippen LogP contribution in [0.3, 0.4) is 0 Å². The van der Waals surface area contributed by atoms with Gasteiger partial charge in [-0.3, -0.25) is 0 Å². The molecule has 0 fully saturated rings. The van der Waals surface area contributed by atoms with Gasteiger partial charge in [-0.2, -0.15) is 5.26 Å². The third-order valence-corrected chi connectivity index (χ3v) is 4.37. The maximum atomic E-state index is 12.5. The number of rotatable bonds is 7. The van der Waals surface area contributed by atoms with E-state index in [1.807, 2.05) is 27.7 Å². The number of nitriles is 1. The zero-order chi connectivity index (χ0) is 20.8. The molecule has 1 amide bonds. The summed E-state index contributed by atoms with van der Waals surface area (Å²) in [6, 6.07) is 1.85. The van der Waals surface area contributed by atoms with Gasteiger partial charge in [0.2, 0.25) is 0 Å². The highest BCUT2D eigenvalue weighted by Gasteiger charge is 2.28. The monoisotopic (exact) mass is 441 g/mol. The molecule has 0 bridgehead atoms. The summed E-state index contributed by atoms with van der Waals surface area (Å²) >= 11 is 3.35. The SMILES string of the molecule is CCCC(CN(C)C(=O)OC(C)(C)C)n1cc(Br)c(C#N)c1C(=O)OCC. The van der Waals surface area contributed by atoms with Crippen molar-refractivity contribution in [1.82, 2.24) is 9.47 Å². The molecule has 0 spiro atoms. The van der Waals surface area contributed by atoms with Gasteiger partial charge in [-0.15, -0.1) is 0 Å². The van der Waals surface area contributed by atoms with Crippen molar-refractivity contribution in [2.45, 2.75) is 59.1 Å². The molecule has 8 heteroatoms. The zero-order valence-electron chi connectivity index (χ0n) is 16.8. The highest BCUT2D eigenvalue weighted by molar-refractivity contribution is 9.10.